The maximum absolute atomic E-state index is 13.2. The predicted molar refractivity (Wildman–Crippen MR) is 351 cm³/mol. The average Bonchev–Trinajstić information content (AvgIpc) is 0.939. The summed E-state index contributed by atoms with van der Waals surface area (Å²) in [6, 6.07) is 67.4. The van der Waals surface area contributed by atoms with Crippen LogP contribution in [0.3, 0.4) is 0 Å². The largest absolute Gasteiger partial charge is 0.489 e. The molecule has 7 aromatic rings. The Balaban J connectivity index is 0.000000184. The lowest BCUT2D eigenvalue weighted by molar-refractivity contribution is -0.357. The van der Waals surface area contributed by atoms with Gasteiger partial charge < -0.3 is 38.3 Å². The molecule has 4 fully saturated rings. The molecule has 1 N–H and O–H groups in total. The zero-order chi connectivity index (χ0) is 59.3. The molecular weight excluding hydrogens is 1140 g/mol. The van der Waals surface area contributed by atoms with Gasteiger partial charge in [0.25, 0.3) is 0 Å². The molecule has 0 unspecified atom stereocenters. The molecule has 0 amide bonds. The van der Waals surface area contributed by atoms with E-state index in [-0.39, 0.29) is 36.1 Å². The first-order valence-corrected chi connectivity index (χ1v) is 34.2. The fourth-order valence-corrected chi connectivity index (χ4v) is 17.6. The van der Waals surface area contributed by atoms with E-state index >= 15 is 0 Å². The van der Waals surface area contributed by atoms with Crippen molar-refractivity contribution in [2.24, 2.45) is 11.8 Å². The smallest absolute Gasteiger partial charge is 0.338 e. The van der Waals surface area contributed by atoms with Gasteiger partial charge in [0.1, 0.15) is 34.7 Å². The van der Waals surface area contributed by atoms with E-state index in [1.165, 1.54) is 29.1 Å². The highest BCUT2D eigenvalue weighted by Crippen LogP contribution is 2.61. The van der Waals surface area contributed by atoms with Crippen LogP contribution < -0.4 is 4.74 Å². The third-order valence-corrected chi connectivity index (χ3v) is 22.6. The van der Waals surface area contributed by atoms with Gasteiger partial charge in [-0.3, -0.25) is 0 Å². The Kier molecular flexibility index (Phi) is 24.9. The third kappa shape index (κ3) is 17.4. The van der Waals surface area contributed by atoms with Gasteiger partial charge in [-0.2, -0.15) is 0 Å². The van der Waals surface area contributed by atoms with E-state index in [4.69, 9.17) is 33.2 Å². The molecule has 0 radical (unpaired) electrons. The Labute approximate surface area is 522 Å². The zero-order valence-electron chi connectivity index (χ0n) is 49.8. The minimum Gasteiger partial charge on any atom is -0.489 e. The molecule has 9 atom stereocenters. The first kappa shape index (κ1) is 64.4. The number of aryl methyl sites for hydroxylation is 1. The molecule has 0 saturated carbocycles. The highest BCUT2D eigenvalue weighted by Gasteiger charge is 2.66. The Morgan fingerprint density at radius 3 is 1.44 bits per heavy atom. The van der Waals surface area contributed by atoms with Gasteiger partial charge in [-0.05, 0) is 107 Å². The zero-order valence-corrected chi connectivity index (χ0v) is 53.1. The number of rotatable bonds is 20. The molecule has 4 aliphatic rings. The summed E-state index contributed by atoms with van der Waals surface area (Å²) in [7, 11) is 0. The molecule has 0 aromatic heterocycles. The van der Waals surface area contributed by atoms with Crippen molar-refractivity contribution in [2.45, 2.75) is 144 Å². The molecular formula is C72H84O9S4. The van der Waals surface area contributed by atoms with Crippen LogP contribution >= 0.6 is 47.0 Å². The minimum absolute atomic E-state index is 0.000774. The van der Waals surface area contributed by atoms with Crippen LogP contribution in [0.5, 0.6) is 5.75 Å². The van der Waals surface area contributed by atoms with Crippen LogP contribution in [0, 0.1) is 18.8 Å². The number of thioether (sulfide) groups is 4. The molecule has 7 aromatic carbocycles. The molecule has 11 rings (SSSR count). The van der Waals surface area contributed by atoms with Crippen LogP contribution in [-0.2, 0) is 70.3 Å². The molecule has 450 valence electrons. The summed E-state index contributed by atoms with van der Waals surface area (Å²) in [5.41, 5.74) is 9.16. The standard InChI is InChI=1S/C39H44O5S2.C22H26O4.C11H14S2/c1-3-35-29(2)36(42-27-31-16-9-5-10-17-31)37(43-28-32-18-11-6-12-19-32)38(40,44-35)39(45-24-13-25-46-39)33-20-22-34(23-21-33)41-26-30-14-7-4-8-15-30;1-3-19-16(2)20(24-14-17-10-6-4-7-11-17)21(22(23)26-19)25-15-18-12-8-5-9-13-18;1-9-3-5-10(6-4-9)11-12-7-2-8-13-11/h4-12,14-23,29,35-37,40H,3,13,24-28H2,1-2H3;4-13,16,19-21H,3,14-15H2,1-2H3;3-6,11H,2,7-8H2,1H3/t29-,35-,36+,37-,38-;16-,19-,20+,21-;/m11./s1. The second-order valence-electron chi connectivity index (χ2n) is 22.1. The molecule has 4 saturated heterocycles. The van der Waals surface area contributed by atoms with Crippen LogP contribution in [0.25, 0.3) is 0 Å². The van der Waals surface area contributed by atoms with Gasteiger partial charge in [0.2, 0.25) is 5.79 Å². The van der Waals surface area contributed by atoms with E-state index in [2.05, 4.69) is 124 Å². The third-order valence-electron chi connectivity index (χ3n) is 16.0. The fraction of sp³-hybridized carbons (Fsp3) is 0.403. The summed E-state index contributed by atoms with van der Waals surface area (Å²) in [4.78, 5) is 12.5. The monoisotopic (exact) mass is 1220 g/mol. The first-order chi connectivity index (χ1) is 41.6. The van der Waals surface area contributed by atoms with E-state index < -0.39 is 28.2 Å². The van der Waals surface area contributed by atoms with Crippen LogP contribution in [0.1, 0.15) is 102 Å². The SMILES string of the molecule is CC[C@H]1OC(=O)[C@H](OCc2ccccc2)[C@@H](OCc2ccccc2)[C@@H]1C.CC[C@H]1O[C@@](O)(C2(c3ccc(OCc4ccccc4)cc3)SCCCS2)[C@H](OCc2ccccc2)[C@@H](OCc2ccccc2)[C@@H]1C.Cc1ccc(C2SCCCS2)cc1. The van der Waals surface area contributed by atoms with Crippen molar-refractivity contribution in [1.29, 1.82) is 0 Å². The van der Waals surface area contributed by atoms with Gasteiger partial charge >= 0.3 is 5.97 Å². The highest BCUT2D eigenvalue weighted by molar-refractivity contribution is 8.18. The van der Waals surface area contributed by atoms with Crippen LogP contribution in [0.2, 0.25) is 0 Å². The van der Waals surface area contributed by atoms with Crippen molar-refractivity contribution in [1.82, 2.24) is 0 Å². The second kappa shape index (κ2) is 32.8. The summed E-state index contributed by atoms with van der Waals surface area (Å²) in [6.45, 7) is 12.6. The van der Waals surface area contributed by atoms with Crippen molar-refractivity contribution in [2.75, 3.05) is 23.0 Å². The normalized spacial score (nSPS) is 24.8. The van der Waals surface area contributed by atoms with E-state index in [0.29, 0.717) is 37.6 Å². The number of esters is 1. The summed E-state index contributed by atoms with van der Waals surface area (Å²) in [6.07, 6.45) is 1.40. The fourth-order valence-electron chi connectivity index (χ4n) is 11.2. The Hall–Kier alpha value is -5.03. The molecule has 0 aliphatic carbocycles. The Bertz CT molecular complexity index is 3010. The Morgan fingerprint density at radius 2 is 0.941 bits per heavy atom. The summed E-state index contributed by atoms with van der Waals surface area (Å²) >= 11 is 7.68. The van der Waals surface area contributed by atoms with Gasteiger partial charge in [0.05, 0.1) is 43.2 Å². The Morgan fingerprint density at radius 1 is 0.506 bits per heavy atom. The number of aliphatic hydroxyl groups is 1. The van der Waals surface area contributed by atoms with Crippen LogP contribution in [0.15, 0.2) is 200 Å². The molecule has 4 aliphatic heterocycles. The number of benzene rings is 7. The number of cyclic esters (lactones) is 1. The molecule has 4 heterocycles. The van der Waals surface area contributed by atoms with Crippen molar-refractivity contribution in [3.63, 3.8) is 0 Å². The van der Waals surface area contributed by atoms with Crippen molar-refractivity contribution in [3.8, 4) is 5.75 Å². The van der Waals surface area contributed by atoms with E-state index in [1.807, 2.05) is 134 Å². The van der Waals surface area contributed by atoms with Gasteiger partial charge in [-0.25, -0.2) is 4.79 Å². The van der Waals surface area contributed by atoms with E-state index in [0.717, 1.165) is 69.9 Å². The molecule has 0 bridgehead atoms. The number of hydrogen-bond acceptors (Lipinski definition) is 13. The summed E-state index contributed by atoms with van der Waals surface area (Å²) in [5, 5.41) is 13.2. The van der Waals surface area contributed by atoms with Gasteiger partial charge in [0, 0.05) is 11.8 Å². The summed E-state index contributed by atoms with van der Waals surface area (Å²) < 4.78 is 44.2. The van der Waals surface area contributed by atoms with Crippen LogP contribution in [-0.4, -0.2) is 76.5 Å². The van der Waals surface area contributed by atoms with Gasteiger partial charge in [-0.15, -0.1) is 47.0 Å². The first-order valence-electron chi connectivity index (χ1n) is 30.1. The summed E-state index contributed by atoms with van der Waals surface area (Å²) in [5.74, 6) is 3.29. The minimum atomic E-state index is -1.68. The molecule has 13 heteroatoms. The quantitative estimate of drug-likeness (QED) is 0.0734. The van der Waals surface area contributed by atoms with E-state index in [1.54, 1.807) is 23.5 Å². The van der Waals surface area contributed by atoms with Gasteiger partial charge in [-0.1, -0.05) is 221 Å². The second-order valence-corrected chi connectivity index (χ2v) is 27.7. The topological polar surface area (TPSA) is 102 Å². The lowest BCUT2D eigenvalue weighted by Gasteiger charge is -2.57. The lowest BCUT2D eigenvalue weighted by atomic mass is 9.82. The maximum Gasteiger partial charge on any atom is 0.338 e. The maximum atomic E-state index is 13.2. The van der Waals surface area contributed by atoms with E-state index in [9.17, 15) is 9.90 Å². The lowest BCUT2D eigenvalue weighted by Crippen LogP contribution is -2.69. The number of hydrogen-bond donors (Lipinski definition) is 1. The average molecular weight is 1220 g/mol. The van der Waals surface area contributed by atoms with Crippen LogP contribution in [0.4, 0.5) is 0 Å². The molecule has 85 heavy (non-hydrogen) atoms. The number of ether oxygens (including phenoxy) is 7. The highest BCUT2D eigenvalue weighted by atomic mass is 32.2. The van der Waals surface area contributed by atoms with Crippen molar-refractivity contribution < 1.29 is 43.1 Å². The van der Waals surface area contributed by atoms with Gasteiger partial charge in [0.15, 0.2) is 6.10 Å². The van der Waals surface area contributed by atoms with Crippen molar-refractivity contribution >= 4 is 53.0 Å². The number of carbonyl (C=O) groups excluding carboxylic acids is 1. The molecule has 9 nitrogen and oxygen atoms in total. The molecule has 0 spiro atoms. The van der Waals surface area contributed by atoms with Crippen molar-refractivity contribution in [3.05, 3.63) is 245 Å². The number of carbonyl (C=O) groups is 1. The predicted octanol–water partition coefficient (Wildman–Crippen LogP) is 16.6.